The fourth-order valence-electron chi connectivity index (χ4n) is 1.98. The summed E-state index contributed by atoms with van der Waals surface area (Å²) >= 11 is 0. The predicted octanol–water partition coefficient (Wildman–Crippen LogP) is 2.92. The zero-order valence-corrected chi connectivity index (χ0v) is 11.2. The maximum Gasteiger partial charge on any atom is 0.166 e. The number of phenols is 2. The molecule has 0 radical (unpaired) electrons. The number of aryl methyl sites for hydroxylation is 1. The Morgan fingerprint density at radius 1 is 1.10 bits per heavy atom. The molecule has 0 atom stereocenters. The van der Waals surface area contributed by atoms with Crippen molar-refractivity contribution in [3.8, 4) is 17.2 Å². The smallest absolute Gasteiger partial charge is 0.166 e. The average molecular weight is 272 g/mol. The first-order chi connectivity index (χ1) is 9.61. The number of Topliss-reactive ketones (excluding diaryl/α,β-unsaturated/α-hetero) is 1. The zero-order valence-electron chi connectivity index (χ0n) is 11.2. The van der Waals surface area contributed by atoms with Crippen LogP contribution in [0.15, 0.2) is 42.5 Å². The summed E-state index contributed by atoms with van der Waals surface area (Å²) in [5.41, 5.74) is 0.982. The quantitative estimate of drug-likeness (QED) is 0.821. The molecule has 0 amide bonds. The van der Waals surface area contributed by atoms with E-state index in [0.717, 1.165) is 0 Å². The van der Waals surface area contributed by atoms with Crippen molar-refractivity contribution >= 4 is 5.78 Å². The molecule has 2 rings (SSSR count). The van der Waals surface area contributed by atoms with Gasteiger partial charge in [0.1, 0.15) is 17.2 Å². The van der Waals surface area contributed by atoms with Crippen LogP contribution in [0.3, 0.4) is 0 Å². The van der Waals surface area contributed by atoms with Gasteiger partial charge in [-0.25, -0.2) is 0 Å². The molecule has 0 fully saturated rings. The molecule has 0 aliphatic heterocycles. The second-order valence-electron chi connectivity index (χ2n) is 4.43. The van der Waals surface area contributed by atoms with Crippen molar-refractivity contribution in [2.24, 2.45) is 0 Å². The number of carbonyl (C=O) groups is 1. The maximum atomic E-state index is 12.1. The lowest BCUT2D eigenvalue weighted by Crippen LogP contribution is -2.02. The molecule has 0 spiro atoms. The van der Waals surface area contributed by atoms with E-state index >= 15 is 0 Å². The van der Waals surface area contributed by atoms with Crippen LogP contribution in [0.25, 0.3) is 0 Å². The first-order valence-corrected chi connectivity index (χ1v) is 6.29. The summed E-state index contributed by atoms with van der Waals surface area (Å²) < 4.78 is 4.97. The minimum atomic E-state index is -0.173. The van der Waals surface area contributed by atoms with Gasteiger partial charge in [0.05, 0.1) is 12.7 Å². The van der Waals surface area contributed by atoms with Crippen LogP contribution in [0, 0.1) is 0 Å². The van der Waals surface area contributed by atoms with E-state index in [1.807, 2.05) is 6.07 Å². The second-order valence-corrected chi connectivity index (χ2v) is 4.43. The van der Waals surface area contributed by atoms with Gasteiger partial charge in [-0.15, -0.1) is 0 Å². The third-order valence-electron chi connectivity index (χ3n) is 3.12. The lowest BCUT2D eigenvalue weighted by molar-refractivity contribution is 0.0980. The molecule has 104 valence electrons. The van der Waals surface area contributed by atoms with Crippen molar-refractivity contribution in [1.29, 1.82) is 0 Å². The highest BCUT2D eigenvalue weighted by atomic mass is 16.5. The molecule has 0 bridgehead atoms. The molecule has 20 heavy (non-hydrogen) atoms. The van der Waals surface area contributed by atoms with Gasteiger partial charge < -0.3 is 14.9 Å². The lowest BCUT2D eigenvalue weighted by Gasteiger charge is -2.07. The average Bonchev–Trinajstić information content (AvgIpc) is 2.46. The number of phenolic OH excluding ortho intramolecular Hbond substituents is 2. The lowest BCUT2D eigenvalue weighted by atomic mass is 10.0. The van der Waals surface area contributed by atoms with Gasteiger partial charge in [-0.3, -0.25) is 4.79 Å². The first-order valence-electron chi connectivity index (χ1n) is 6.29. The van der Waals surface area contributed by atoms with Gasteiger partial charge in [-0.2, -0.15) is 0 Å². The van der Waals surface area contributed by atoms with E-state index in [1.165, 1.54) is 13.2 Å². The second kappa shape index (κ2) is 6.10. The third kappa shape index (κ3) is 3.09. The Kier molecular flexibility index (Phi) is 4.25. The largest absolute Gasteiger partial charge is 0.508 e. The molecule has 0 unspecified atom stereocenters. The Labute approximate surface area is 117 Å². The normalized spacial score (nSPS) is 10.2. The predicted molar refractivity (Wildman–Crippen MR) is 75.4 cm³/mol. The fourth-order valence-corrected chi connectivity index (χ4v) is 1.98. The summed E-state index contributed by atoms with van der Waals surface area (Å²) in [5.74, 6) is 0.416. The van der Waals surface area contributed by atoms with Gasteiger partial charge in [0.2, 0.25) is 0 Å². The Balaban J connectivity index is 2.07. The van der Waals surface area contributed by atoms with Gasteiger partial charge in [0.15, 0.2) is 5.78 Å². The minimum Gasteiger partial charge on any atom is -0.508 e. The van der Waals surface area contributed by atoms with Crippen LogP contribution in [0.4, 0.5) is 0 Å². The van der Waals surface area contributed by atoms with E-state index in [1.54, 1.807) is 30.3 Å². The monoisotopic (exact) mass is 272 g/mol. The van der Waals surface area contributed by atoms with Gasteiger partial charge in [-0.05, 0) is 30.2 Å². The molecular weight excluding hydrogens is 256 g/mol. The van der Waals surface area contributed by atoms with E-state index in [4.69, 9.17) is 4.74 Å². The van der Waals surface area contributed by atoms with E-state index < -0.39 is 0 Å². The number of hydrogen-bond acceptors (Lipinski definition) is 4. The van der Waals surface area contributed by atoms with Crippen LogP contribution in [0.1, 0.15) is 22.3 Å². The van der Waals surface area contributed by atoms with Crippen LogP contribution in [0.2, 0.25) is 0 Å². The fraction of sp³-hybridized carbons (Fsp3) is 0.188. The number of para-hydroxylation sites is 1. The molecule has 2 aromatic carbocycles. The minimum absolute atomic E-state index is 0.0911. The molecule has 0 aliphatic carbocycles. The molecule has 4 nitrogen and oxygen atoms in total. The number of methoxy groups -OCH3 is 1. The number of benzene rings is 2. The molecule has 0 aliphatic rings. The molecule has 0 aromatic heterocycles. The summed E-state index contributed by atoms with van der Waals surface area (Å²) in [6.45, 7) is 0. The Hall–Kier alpha value is -2.49. The molecule has 4 heteroatoms. The Morgan fingerprint density at radius 2 is 1.85 bits per heavy atom. The topological polar surface area (TPSA) is 66.8 Å². The third-order valence-corrected chi connectivity index (χ3v) is 3.12. The number of ether oxygens (including phenoxy) is 1. The highest BCUT2D eigenvalue weighted by molar-refractivity contribution is 5.98. The molecule has 0 saturated heterocycles. The molecular formula is C16H16O4. The summed E-state index contributed by atoms with van der Waals surface area (Å²) in [7, 11) is 1.49. The van der Waals surface area contributed by atoms with Crippen molar-refractivity contribution in [3.63, 3.8) is 0 Å². The van der Waals surface area contributed by atoms with Gasteiger partial charge >= 0.3 is 0 Å². The standard InChI is InChI=1S/C16H16O4/c1-20-12-7-8-13(16(19)10-12)15(18)9-6-11-4-2-3-5-14(11)17/h2-5,7-8,10,17,19H,6,9H2,1H3. The summed E-state index contributed by atoms with van der Waals surface area (Å²) in [6, 6.07) is 11.5. The van der Waals surface area contributed by atoms with Crippen LogP contribution in [-0.4, -0.2) is 23.1 Å². The van der Waals surface area contributed by atoms with Crippen molar-refractivity contribution < 1.29 is 19.7 Å². The zero-order chi connectivity index (χ0) is 14.5. The van der Waals surface area contributed by atoms with Crippen LogP contribution in [-0.2, 0) is 6.42 Å². The molecule has 0 saturated carbocycles. The van der Waals surface area contributed by atoms with Crippen LogP contribution < -0.4 is 4.74 Å². The SMILES string of the molecule is COc1ccc(C(=O)CCc2ccccc2O)c(O)c1. The number of rotatable bonds is 5. The van der Waals surface area contributed by atoms with E-state index in [-0.39, 0.29) is 29.3 Å². The van der Waals surface area contributed by atoms with E-state index in [2.05, 4.69) is 0 Å². The van der Waals surface area contributed by atoms with E-state index in [9.17, 15) is 15.0 Å². The number of carbonyl (C=O) groups excluding carboxylic acids is 1. The van der Waals surface area contributed by atoms with Crippen molar-refractivity contribution in [1.82, 2.24) is 0 Å². The van der Waals surface area contributed by atoms with Crippen LogP contribution in [0.5, 0.6) is 17.2 Å². The highest BCUT2D eigenvalue weighted by Crippen LogP contribution is 2.25. The van der Waals surface area contributed by atoms with Crippen molar-refractivity contribution in [3.05, 3.63) is 53.6 Å². The summed E-state index contributed by atoms with van der Waals surface area (Å²) in [4.78, 5) is 12.1. The molecule has 2 aromatic rings. The molecule has 2 N–H and O–H groups in total. The maximum absolute atomic E-state index is 12.1. The van der Waals surface area contributed by atoms with Crippen LogP contribution >= 0.6 is 0 Å². The van der Waals surface area contributed by atoms with Gasteiger partial charge in [-0.1, -0.05) is 18.2 Å². The Bertz CT molecular complexity index is 620. The number of hydrogen-bond donors (Lipinski definition) is 2. The molecule has 0 heterocycles. The number of ketones is 1. The summed E-state index contributed by atoms with van der Waals surface area (Å²) in [6.07, 6.45) is 0.647. The highest BCUT2D eigenvalue weighted by Gasteiger charge is 2.12. The first kappa shape index (κ1) is 13.9. The number of aromatic hydroxyl groups is 2. The summed E-state index contributed by atoms with van der Waals surface area (Å²) in [5, 5.41) is 19.4. The van der Waals surface area contributed by atoms with Gasteiger partial charge in [0, 0.05) is 12.5 Å². The Morgan fingerprint density at radius 3 is 2.50 bits per heavy atom. The van der Waals surface area contributed by atoms with E-state index in [0.29, 0.717) is 17.7 Å². The van der Waals surface area contributed by atoms with Gasteiger partial charge in [0.25, 0.3) is 0 Å². The van der Waals surface area contributed by atoms with Crippen molar-refractivity contribution in [2.45, 2.75) is 12.8 Å². The van der Waals surface area contributed by atoms with Crippen molar-refractivity contribution in [2.75, 3.05) is 7.11 Å².